The Kier molecular flexibility index (Phi) is 8.92. The summed E-state index contributed by atoms with van der Waals surface area (Å²) in [5.74, 6) is -4.22. The van der Waals surface area contributed by atoms with E-state index in [1.807, 2.05) is 36.4 Å². The first-order valence-electron chi connectivity index (χ1n) is 11.9. The minimum Gasteiger partial charge on any atom is -0.487 e. The summed E-state index contributed by atoms with van der Waals surface area (Å²) in [7, 11) is 0. The van der Waals surface area contributed by atoms with Gasteiger partial charge in [-0.05, 0) is 47.1 Å². The van der Waals surface area contributed by atoms with E-state index in [4.69, 9.17) is 4.74 Å². The fourth-order valence-corrected chi connectivity index (χ4v) is 4.24. The molecule has 3 unspecified atom stereocenters. The van der Waals surface area contributed by atoms with E-state index in [0.717, 1.165) is 30.4 Å². The van der Waals surface area contributed by atoms with Gasteiger partial charge in [0.05, 0.1) is 0 Å². The van der Waals surface area contributed by atoms with Crippen molar-refractivity contribution in [1.82, 2.24) is 0 Å². The number of hydrogen-bond acceptors (Lipinski definition) is 1. The van der Waals surface area contributed by atoms with Crippen LogP contribution in [0.5, 0.6) is 5.75 Å². The maximum absolute atomic E-state index is 13.3. The topological polar surface area (TPSA) is 9.23 Å². The molecule has 188 valence electrons. The van der Waals surface area contributed by atoms with Crippen molar-refractivity contribution < 1.29 is 26.7 Å². The molecule has 6 heteroatoms. The van der Waals surface area contributed by atoms with E-state index >= 15 is 0 Å². The van der Waals surface area contributed by atoms with E-state index < -0.39 is 18.7 Å². The Labute approximate surface area is 204 Å². The van der Waals surface area contributed by atoms with Gasteiger partial charge in [-0.25, -0.2) is 0 Å². The number of halogens is 5. The van der Waals surface area contributed by atoms with Crippen LogP contribution in [0.1, 0.15) is 61.6 Å². The summed E-state index contributed by atoms with van der Waals surface area (Å²) >= 11 is 0. The summed E-state index contributed by atoms with van der Waals surface area (Å²) < 4.78 is 68.7. The number of rotatable bonds is 11. The fraction of sp³-hybridized carbons (Fsp3) is 0.379. The van der Waals surface area contributed by atoms with Gasteiger partial charge in [0, 0.05) is 5.92 Å². The molecule has 3 atom stereocenters. The maximum Gasteiger partial charge on any atom is 0.456 e. The summed E-state index contributed by atoms with van der Waals surface area (Å²) in [6.45, 7) is 2.67. The smallest absolute Gasteiger partial charge is 0.456 e. The molecule has 0 N–H and O–H groups in total. The molecule has 0 fully saturated rings. The van der Waals surface area contributed by atoms with E-state index in [0.29, 0.717) is 5.92 Å². The molecule has 0 aliphatic carbocycles. The predicted octanol–water partition coefficient (Wildman–Crippen LogP) is 9.01. The average molecular weight is 491 g/mol. The predicted molar refractivity (Wildman–Crippen MR) is 129 cm³/mol. The van der Waals surface area contributed by atoms with Gasteiger partial charge in [0.1, 0.15) is 5.75 Å². The van der Waals surface area contributed by atoms with Crippen LogP contribution in [-0.2, 0) is 0 Å². The molecule has 0 heterocycles. The molecule has 0 saturated carbocycles. The molecule has 0 spiro atoms. The average Bonchev–Trinajstić information content (AvgIpc) is 2.86. The highest BCUT2D eigenvalue weighted by molar-refractivity contribution is 5.40. The van der Waals surface area contributed by atoms with Gasteiger partial charge in [-0.15, -0.1) is 0 Å². The van der Waals surface area contributed by atoms with Crippen LogP contribution in [0.2, 0.25) is 0 Å². The Hall–Kier alpha value is -2.89. The molecular weight excluding hydrogens is 459 g/mol. The first-order valence-corrected chi connectivity index (χ1v) is 11.9. The zero-order chi connectivity index (χ0) is 25.5. The molecule has 0 saturated heterocycles. The van der Waals surface area contributed by atoms with Gasteiger partial charge in [-0.1, -0.05) is 99.5 Å². The second-order valence-electron chi connectivity index (χ2n) is 9.06. The Morgan fingerprint density at radius 1 is 0.686 bits per heavy atom. The van der Waals surface area contributed by atoms with Crippen LogP contribution in [0, 0.1) is 5.92 Å². The van der Waals surface area contributed by atoms with Gasteiger partial charge in [-0.3, -0.25) is 0 Å². The third-order valence-electron chi connectivity index (χ3n) is 6.53. The van der Waals surface area contributed by atoms with Crippen molar-refractivity contribution in [2.75, 3.05) is 6.61 Å². The lowest BCUT2D eigenvalue weighted by molar-refractivity contribution is -0.290. The van der Waals surface area contributed by atoms with Crippen LogP contribution in [0.25, 0.3) is 0 Å². The molecule has 0 radical (unpaired) electrons. The van der Waals surface area contributed by atoms with E-state index in [1.54, 1.807) is 12.1 Å². The quantitative estimate of drug-likeness (QED) is 0.244. The van der Waals surface area contributed by atoms with Gasteiger partial charge in [-0.2, -0.15) is 22.0 Å². The van der Waals surface area contributed by atoms with Crippen molar-refractivity contribution >= 4 is 0 Å². The highest BCUT2D eigenvalue weighted by Gasteiger charge is 2.58. The van der Waals surface area contributed by atoms with E-state index in [2.05, 4.69) is 38.1 Å². The van der Waals surface area contributed by atoms with E-state index in [1.165, 1.54) is 17.7 Å². The van der Waals surface area contributed by atoms with Crippen LogP contribution in [-0.4, -0.2) is 18.7 Å². The molecule has 3 rings (SSSR count). The van der Waals surface area contributed by atoms with Crippen LogP contribution in [0.3, 0.4) is 0 Å². The first-order chi connectivity index (χ1) is 16.6. The van der Waals surface area contributed by atoms with Crippen molar-refractivity contribution in [3.63, 3.8) is 0 Å². The second kappa shape index (κ2) is 11.7. The molecule has 0 aliphatic rings. The maximum atomic E-state index is 13.3. The lowest BCUT2D eigenvalue weighted by atomic mass is 9.74. The van der Waals surface area contributed by atoms with Gasteiger partial charge >= 0.3 is 12.1 Å². The summed E-state index contributed by atoms with van der Waals surface area (Å²) in [6.07, 6.45) is -2.56. The zero-order valence-electron chi connectivity index (χ0n) is 19.9. The Morgan fingerprint density at radius 2 is 1.20 bits per heavy atom. The van der Waals surface area contributed by atoms with Crippen LogP contribution in [0.15, 0.2) is 84.9 Å². The summed E-state index contributed by atoms with van der Waals surface area (Å²) in [4.78, 5) is 0. The number of benzene rings is 3. The highest BCUT2D eigenvalue weighted by atomic mass is 19.4. The van der Waals surface area contributed by atoms with Crippen molar-refractivity contribution in [2.45, 2.75) is 57.0 Å². The summed E-state index contributed by atoms with van der Waals surface area (Å²) in [5.41, 5.74) is 3.27. The lowest BCUT2D eigenvalue weighted by Crippen LogP contribution is -2.41. The standard InChI is InChI=1S/C29H31F5O/c1-3-21(2)14-19-26(22-10-6-4-7-11-22)27(23-12-8-5-9-13-23)24-15-17-25(18-16-24)35-20-28(30,31)29(32,33)34/h4-13,15-18,21,26-27H,3,14,19-20H2,1-2H3. The monoisotopic (exact) mass is 490 g/mol. The van der Waals surface area contributed by atoms with Crippen molar-refractivity contribution in [1.29, 1.82) is 0 Å². The van der Waals surface area contributed by atoms with Crippen LogP contribution >= 0.6 is 0 Å². The Morgan fingerprint density at radius 3 is 1.71 bits per heavy atom. The minimum absolute atomic E-state index is 0.0201. The SMILES string of the molecule is CCC(C)CCC(c1ccccc1)C(c1ccccc1)c1ccc(OCC(F)(F)C(F)(F)F)cc1. The number of alkyl halides is 5. The fourth-order valence-electron chi connectivity index (χ4n) is 4.24. The van der Waals surface area contributed by atoms with Gasteiger partial charge in [0.15, 0.2) is 6.61 Å². The molecule has 0 amide bonds. The molecule has 1 nitrogen and oxygen atoms in total. The largest absolute Gasteiger partial charge is 0.487 e. The molecule has 0 aromatic heterocycles. The minimum atomic E-state index is -5.65. The van der Waals surface area contributed by atoms with Crippen LogP contribution < -0.4 is 4.74 Å². The summed E-state index contributed by atoms with van der Waals surface area (Å²) in [5, 5.41) is 0. The third-order valence-corrected chi connectivity index (χ3v) is 6.53. The van der Waals surface area contributed by atoms with E-state index in [-0.39, 0.29) is 17.6 Å². The number of ether oxygens (including phenoxy) is 1. The van der Waals surface area contributed by atoms with Crippen molar-refractivity contribution in [3.05, 3.63) is 102 Å². The first kappa shape index (κ1) is 26.7. The molecule has 3 aromatic carbocycles. The molecule has 35 heavy (non-hydrogen) atoms. The molecule has 3 aromatic rings. The Bertz CT molecular complexity index is 1020. The van der Waals surface area contributed by atoms with Crippen LogP contribution in [0.4, 0.5) is 22.0 Å². The molecule has 0 bridgehead atoms. The lowest BCUT2D eigenvalue weighted by Gasteiger charge is -2.30. The van der Waals surface area contributed by atoms with Crippen molar-refractivity contribution in [3.8, 4) is 5.75 Å². The van der Waals surface area contributed by atoms with E-state index in [9.17, 15) is 22.0 Å². The molecule has 0 aliphatic heterocycles. The third kappa shape index (κ3) is 7.06. The highest BCUT2D eigenvalue weighted by Crippen LogP contribution is 2.43. The second-order valence-corrected chi connectivity index (χ2v) is 9.06. The molecular formula is C29H31F5O. The van der Waals surface area contributed by atoms with Crippen molar-refractivity contribution in [2.24, 2.45) is 5.92 Å². The van der Waals surface area contributed by atoms with Gasteiger partial charge in [0.25, 0.3) is 0 Å². The summed E-state index contributed by atoms with van der Waals surface area (Å²) in [6, 6.07) is 26.8. The van der Waals surface area contributed by atoms with Gasteiger partial charge < -0.3 is 4.74 Å². The Balaban J connectivity index is 1.93. The van der Waals surface area contributed by atoms with Gasteiger partial charge in [0.2, 0.25) is 0 Å². The normalized spacial score (nSPS) is 14.8. The number of hydrogen-bond donors (Lipinski definition) is 0. The zero-order valence-corrected chi connectivity index (χ0v) is 19.9.